The molecule has 0 radical (unpaired) electrons. The number of alkyl halides is 3. The molecule has 0 aromatic carbocycles. The zero-order valence-electron chi connectivity index (χ0n) is 21.8. The summed E-state index contributed by atoms with van der Waals surface area (Å²) in [6.45, 7) is 2.88. The fourth-order valence-corrected chi connectivity index (χ4v) is 7.22. The van der Waals surface area contributed by atoms with E-state index in [1.54, 1.807) is 0 Å². The molecule has 0 spiro atoms. The maximum Gasteiger partial charge on any atom is 0.394 e. The van der Waals surface area contributed by atoms with Gasteiger partial charge in [0.15, 0.2) is 0 Å². The standard InChI is InChI=1S/C25H44F3N7O2/c1-35-21(33-34-23(35)20-8-10-29-14-31-20)13-30-16-5-2-4-15(12-16)24(36)32-19-9-11-37-22-17(19)6-3-7-18(22)25(26,27)28/h15-23,29-31,33-34H,2-14H2,1H3,(H,32,36)/t15?,16?,17?,18?,19-,20?,21?,22?,23?/m1/s1. The highest BCUT2D eigenvalue weighted by Gasteiger charge is 2.52. The largest absolute Gasteiger partial charge is 0.394 e. The molecule has 2 saturated carbocycles. The van der Waals surface area contributed by atoms with Gasteiger partial charge in [-0.1, -0.05) is 12.8 Å². The molecule has 3 saturated heterocycles. The predicted octanol–water partition coefficient (Wildman–Crippen LogP) is 0.988. The topological polar surface area (TPSA) is 102 Å². The second-order valence-electron chi connectivity index (χ2n) is 11.6. The van der Waals surface area contributed by atoms with Crippen LogP contribution < -0.4 is 32.1 Å². The third-order valence-electron chi connectivity index (χ3n) is 9.35. The highest BCUT2D eigenvalue weighted by atomic mass is 19.4. The average molecular weight is 532 g/mol. The van der Waals surface area contributed by atoms with Gasteiger partial charge in [-0.2, -0.15) is 13.2 Å². The second kappa shape index (κ2) is 12.0. The summed E-state index contributed by atoms with van der Waals surface area (Å²) in [6, 6.07) is 0.405. The molecule has 5 fully saturated rings. The van der Waals surface area contributed by atoms with Crippen molar-refractivity contribution in [2.24, 2.45) is 17.8 Å². The van der Waals surface area contributed by atoms with Crippen molar-refractivity contribution >= 4 is 5.91 Å². The molecule has 212 valence electrons. The number of amides is 1. The Kier molecular flexibility index (Phi) is 8.94. The lowest BCUT2D eigenvalue weighted by Crippen LogP contribution is -2.58. The van der Waals surface area contributed by atoms with Crippen LogP contribution >= 0.6 is 0 Å². The molecule has 3 heterocycles. The number of rotatable bonds is 6. The number of carbonyl (C=O) groups excluding carboxylic acids is 1. The third-order valence-corrected chi connectivity index (χ3v) is 9.35. The Morgan fingerprint density at radius 1 is 1.08 bits per heavy atom. The minimum absolute atomic E-state index is 0.00102. The van der Waals surface area contributed by atoms with Gasteiger partial charge in [0, 0.05) is 49.8 Å². The predicted molar refractivity (Wildman–Crippen MR) is 133 cm³/mol. The first-order valence-electron chi connectivity index (χ1n) is 14.2. The minimum Gasteiger partial charge on any atom is -0.377 e. The van der Waals surface area contributed by atoms with Crippen LogP contribution in [0.1, 0.15) is 57.8 Å². The van der Waals surface area contributed by atoms with E-state index in [9.17, 15) is 18.0 Å². The van der Waals surface area contributed by atoms with Crippen molar-refractivity contribution in [2.45, 2.75) is 101 Å². The number of likely N-dealkylation sites (N-methyl/N-ethyl adjacent to an activating group) is 1. The van der Waals surface area contributed by atoms with Crippen molar-refractivity contribution in [3.63, 3.8) is 0 Å². The summed E-state index contributed by atoms with van der Waals surface area (Å²) in [4.78, 5) is 15.6. The Hall–Kier alpha value is -1.02. The molecule has 9 nitrogen and oxygen atoms in total. The number of ether oxygens (including phenoxy) is 1. The molecule has 3 aliphatic heterocycles. The fourth-order valence-electron chi connectivity index (χ4n) is 7.22. The summed E-state index contributed by atoms with van der Waals surface area (Å²) in [5.74, 6) is -1.78. The molecule has 0 bridgehead atoms. The van der Waals surface area contributed by atoms with Gasteiger partial charge in [-0.3, -0.25) is 15.0 Å². The fraction of sp³-hybridized carbons (Fsp3) is 0.960. The van der Waals surface area contributed by atoms with E-state index in [1.807, 2.05) is 0 Å². The van der Waals surface area contributed by atoms with E-state index >= 15 is 0 Å². The maximum absolute atomic E-state index is 13.6. The Morgan fingerprint density at radius 2 is 1.92 bits per heavy atom. The lowest BCUT2D eigenvalue weighted by atomic mass is 9.72. The highest BCUT2D eigenvalue weighted by molar-refractivity contribution is 5.79. The first kappa shape index (κ1) is 27.5. The van der Waals surface area contributed by atoms with Crippen LogP contribution in [0.3, 0.4) is 0 Å². The number of hydrogen-bond acceptors (Lipinski definition) is 8. The second-order valence-corrected chi connectivity index (χ2v) is 11.6. The third kappa shape index (κ3) is 6.42. The molecule has 12 heteroatoms. The van der Waals surface area contributed by atoms with Crippen molar-refractivity contribution in [3.8, 4) is 0 Å². The van der Waals surface area contributed by atoms with Crippen LogP contribution in [0.5, 0.6) is 0 Å². The van der Waals surface area contributed by atoms with Crippen molar-refractivity contribution in [1.82, 2.24) is 37.0 Å². The van der Waals surface area contributed by atoms with E-state index in [0.717, 1.165) is 51.9 Å². The molecule has 5 aliphatic rings. The van der Waals surface area contributed by atoms with E-state index < -0.39 is 18.2 Å². The average Bonchev–Trinajstić information content (AvgIpc) is 3.27. The quantitative estimate of drug-likeness (QED) is 0.302. The summed E-state index contributed by atoms with van der Waals surface area (Å²) in [6.07, 6.45) is 1.88. The number of nitrogens with one attached hydrogen (secondary N) is 6. The van der Waals surface area contributed by atoms with E-state index in [2.05, 4.69) is 44.1 Å². The van der Waals surface area contributed by atoms with Crippen molar-refractivity contribution in [1.29, 1.82) is 0 Å². The summed E-state index contributed by atoms with van der Waals surface area (Å²) in [7, 11) is 2.13. The Labute approximate surface area is 217 Å². The lowest BCUT2D eigenvalue weighted by molar-refractivity contribution is -0.235. The SMILES string of the molecule is CN1C(CNC2CCCC(C(=O)N[C@@H]3CCOC4C3CCCC4C(F)(F)F)C2)NNC1C1CCNCN1. The van der Waals surface area contributed by atoms with E-state index in [1.165, 1.54) is 0 Å². The number of carbonyl (C=O) groups is 1. The van der Waals surface area contributed by atoms with Crippen LogP contribution in [-0.2, 0) is 9.53 Å². The van der Waals surface area contributed by atoms with Crippen LogP contribution in [0, 0.1) is 17.8 Å². The molecular weight excluding hydrogens is 487 g/mol. The number of hydrazine groups is 1. The lowest BCUT2D eigenvalue weighted by Gasteiger charge is -2.46. The van der Waals surface area contributed by atoms with Gasteiger partial charge < -0.3 is 20.7 Å². The van der Waals surface area contributed by atoms with Crippen LogP contribution in [0.15, 0.2) is 0 Å². The molecule has 0 aromatic rings. The maximum atomic E-state index is 13.6. The Bertz CT molecular complexity index is 769. The normalized spacial score (nSPS) is 41.8. The monoisotopic (exact) mass is 531 g/mol. The summed E-state index contributed by atoms with van der Waals surface area (Å²) < 4.78 is 46.3. The van der Waals surface area contributed by atoms with E-state index in [0.29, 0.717) is 25.3 Å². The van der Waals surface area contributed by atoms with Gasteiger partial charge in [-0.25, -0.2) is 10.9 Å². The van der Waals surface area contributed by atoms with Crippen molar-refractivity contribution < 1.29 is 22.7 Å². The first-order chi connectivity index (χ1) is 17.8. The van der Waals surface area contributed by atoms with Crippen molar-refractivity contribution in [2.75, 3.05) is 33.4 Å². The van der Waals surface area contributed by atoms with Gasteiger partial charge in [0.05, 0.1) is 24.4 Å². The molecular formula is C25H44F3N7O2. The van der Waals surface area contributed by atoms with Gasteiger partial charge >= 0.3 is 6.18 Å². The molecule has 37 heavy (non-hydrogen) atoms. The van der Waals surface area contributed by atoms with Crippen LogP contribution in [-0.4, -0.2) is 87.0 Å². The molecule has 8 unspecified atom stereocenters. The van der Waals surface area contributed by atoms with Gasteiger partial charge in [0.2, 0.25) is 5.91 Å². The number of hydrogen-bond donors (Lipinski definition) is 6. The van der Waals surface area contributed by atoms with Crippen LogP contribution in [0.4, 0.5) is 13.2 Å². The molecule has 5 rings (SSSR count). The Balaban J connectivity index is 1.10. The van der Waals surface area contributed by atoms with E-state index in [4.69, 9.17) is 4.74 Å². The van der Waals surface area contributed by atoms with Crippen LogP contribution in [0.2, 0.25) is 0 Å². The smallest absolute Gasteiger partial charge is 0.377 e. The molecule has 1 amide bonds. The number of fused-ring (bicyclic) bond motifs is 1. The zero-order valence-corrected chi connectivity index (χ0v) is 21.8. The molecule has 9 atom stereocenters. The van der Waals surface area contributed by atoms with Gasteiger partial charge in [0.1, 0.15) is 0 Å². The van der Waals surface area contributed by atoms with Crippen LogP contribution in [0.25, 0.3) is 0 Å². The van der Waals surface area contributed by atoms with Gasteiger partial charge in [-0.05, 0) is 58.5 Å². The summed E-state index contributed by atoms with van der Waals surface area (Å²) in [5.41, 5.74) is 6.83. The van der Waals surface area contributed by atoms with Crippen molar-refractivity contribution in [3.05, 3.63) is 0 Å². The van der Waals surface area contributed by atoms with E-state index in [-0.39, 0.29) is 55.2 Å². The molecule has 0 aromatic heterocycles. The Morgan fingerprint density at radius 3 is 2.70 bits per heavy atom. The first-order valence-corrected chi connectivity index (χ1v) is 14.2. The van der Waals surface area contributed by atoms with Gasteiger partial charge in [-0.15, -0.1) is 0 Å². The zero-order chi connectivity index (χ0) is 26.0. The van der Waals surface area contributed by atoms with Gasteiger partial charge in [0.25, 0.3) is 0 Å². The minimum atomic E-state index is -4.25. The highest BCUT2D eigenvalue weighted by Crippen LogP contribution is 2.45. The molecule has 2 aliphatic carbocycles. The number of nitrogens with zero attached hydrogens (tertiary/aromatic N) is 1. The summed E-state index contributed by atoms with van der Waals surface area (Å²) >= 11 is 0. The molecule has 6 N–H and O–H groups in total. The summed E-state index contributed by atoms with van der Waals surface area (Å²) in [5, 5.41) is 13.7. The number of halogens is 3.